The lowest BCUT2D eigenvalue weighted by Crippen LogP contribution is -2.35. The van der Waals surface area contributed by atoms with Gasteiger partial charge in [-0.2, -0.15) is 13.2 Å². The van der Waals surface area contributed by atoms with Gasteiger partial charge in [-0.1, -0.05) is 12.8 Å². The lowest BCUT2D eigenvalue weighted by atomic mass is 10.2. The number of hydrogen-bond acceptors (Lipinski definition) is 3. The fraction of sp³-hybridized carbons (Fsp3) is 0.529. The minimum Gasteiger partial charge on any atom is -0.362 e. The summed E-state index contributed by atoms with van der Waals surface area (Å²) in [6, 6.07) is 6.17. The third-order valence-corrected chi connectivity index (χ3v) is 3.81. The number of amides is 3. The normalized spacial score (nSPS) is 15.3. The lowest BCUT2D eigenvalue weighted by Gasteiger charge is -2.20. The van der Waals surface area contributed by atoms with Gasteiger partial charge in [0.15, 0.2) is 0 Å². The molecule has 144 valence electrons. The summed E-state index contributed by atoms with van der Waals surface area (Å²) < 4.78 is 40.1. The number of urea groups is 1. The van der Waals surface area contributed by atoms with E-state index < -0.39 is 25.3 Å². The Balaban J connectivity index is 1.78. The minimum absolute atomic E-state index is 0.163. The molecule has 1 fully saturated rings. The predicted molar refractivity (Wildman–Crippen MR) is 91.0 cm³/mol. The number of carbonyl (C=O) groups is 2. The SMILES string of the molecule is O=C(COCC(F)(F)F)Nc1ccc(NC(=O)N2CCCCCC2)cc1. The maximum atomic E-state index is 12.2. The van der Waals surface area contributed by atoms with Crippen molar-refractivity contribution < 1.29 is 27.5 Å². The average Bonchev–Trinajstić information content (AvgIpc) is 2.85. The van der Waals surface area contributed by atoms with Gasteiger partial charge in [-0.15, -0.1) is 0 Å². The molecule has 2 N–H and O–H groups in total. The van der Waals surface area contributed by atoms with Gasteiger partial charge in [-0.05, 0) is 37.1 Å². The summed E-state index contributed by atoms with van der Waals surface area (Å²) in [5.41, 5.74) is 0.976. The number of halogens is 3. The van der Waals surface area contributed by atoms with Crippen molar-refractivity contribution in [3.8, 4) is 0 Å². The predicted octanol–water partition coefficient (Wildman–Crippen LogP) is 3.61. The molecule has 1 saturated heterocycles. The van der Waals surface area contributed by atoms with Crippen LogP contribution < -0.4 is 10.6 Å². The van der Waals surface area contributed by atoms with E-state index in [1.807, 2.05) is 0 Å². The molecule has 3 amide bonds. The largest absolute Gasteiger partial charge is 0.411 e. The Morgan fingerprint density at radius 3 is 2.04 bits per heavy atom. The molecule has 0 radical (unpaired) electrons. The van der Waals surface area contributed by atoms with Crippen LogP contribution in [-0.2, 0) is 9.53 Å². The highest BCUT2D eigenvalue weighted by Crippen LogP contribution is 2.17. The van der Waals surface area contributed by atoms with Gasteiger partial charge < -0.3 is 20.3 Å². The van der Waals surface area contributed by atoms with Crippen molar-refractivity contribution in [3.05, 3.63) is 24.3 Å². The van der Waals surface area contributed by atoms with Gasteiger partial charge in [0.25, 0.3) is 0 Å². The van der Waals surface area contributed by atoms with E-state index in [9.17, 15) is 22.8 Å². The summed E-state index contributed by atoms with van der Waals surface area (Å²) in [7, 11) is 0. The van der Waals surface area contributed by atoms with E-state index in [-0.39, 0.29) is 6.03 Å². The monoisotopic (exact) mass is 373 g/mol. The second-order valence-electron chi connectivity index (χ2n) is 6.06. The molecule has 6 nitrogen and oxygen atoms in total. The highest BCUT2D eigenvalue weighted by atomic mass is 19.4. The van der Waals surface area contributed by atoms with E-state index in [0.29, 0.717) is 11.4 Å². The van der Waals surface area contributed by atoms with Crippen LogP contribution in [0.2, 0.25) is 0 Å². The van der Waals surface area contributed by atoms with Gasteiger partial charge >= 0.3 is 12.2 Å². The molecule has 1 aromatic carbocycles. The highest BCUT2D eigenvalue weighted by Gasteiger charge is 2.27. The summed E-state index contributed by atoms with van der Waals surface area (Å²) in [5, 5.41) is 5.22. The van der Waals surface area contributed by atoms with E-state index in [0.717, 1.165) is 38.8 Å². The number of nitrogens with zero attached hydrogens (tertiary/aromatic N) is 1. The third kappa shape index (κ3) is 7.30. The van der Waals surface area contributed by atoms with Crippen molar-refractivity contribution in [2.24, 2.45) is 0 Å². The molecule has 26 heavy (non-hydrogen) atoms. The number of rotatable bonds is 5. The van der Waals surface area contributed by atoms with Crippen LogP contribution in [0.5, 0.6) is 0 Å². The molecule has 2 rings (SSSR count). The van der Waals surface area contributed by atoms with E-state index in [1.54, 1.807) is 29.2 Å². The molecule has 0 aliphatic carbocycles. The van der Waals surface area contributed by atoms with Crippen LogP contribution >= 0.6 is 0 Å². The summed E-state index contributed by atoms with van der Waals surface area (Å²) in [6.07, 6.45) is -0.215. The first-order chi connectivity index (χ1) is 12.3. The molecule has 0 atom stereocenters. The van der Waals surface area contributed by atoms with E-state index >= 15 is 0 Å². The molecule has 1 aliphatic rings. The summed E-state index contributed by atoms with van der Waals surface area (Å²) in [5.74, 6) is -0.685. The van der Waals surface area contributed by atoms with Crippen molar-refractivity contribution in [3.63, 3.8) is 0 Å². The second kappa shape index (κ2) is 9.42. The summed E-state index contributed by atoms with van der Waals surface area (Å²) in [6.45, 7) is -0.690. The topological polar surface area (TPSA) is 70.7 Å². The van der Waals surface area contributed by atoms with Gasteiger partial charge in [-0.25, -0.2) is 4.79 Å². The third-order valence-electron chi connectivity index (χ3n) is 3.81. The molecular formula is C17H22F3N3O3. The van der Waals surface area contributed by atoms with Gasteiger partial charge in [0, 0.05) is 24.5 Å². The average molecular weight is 373 g/mol. The quantitative estimate of drug-likeness (QED) is 0.828. The fourth-order valence-corrected chi connectivity index (χ4v) is 2.57. The maximum absolute atomic E-state index is 12.2. The van der Waals surface area contributed by atoms with Crippen LogP contribution in [-0.4, -0.2) is 49.3 Å². The zero-order chi connectivity index (χ0) is 19.0. The molecule has 1 aliphatic heterocycles. The number of likely N-dealkylation sites (tertiary alicyclic amines) is 1. The standard InChI is InChI=1S/C17H22F3N3O3/c18-17(19,20)12-26-11-15(24)21-13-5-7-14(8-6-13)22-16(25)23-9-3-1-2-4-10-23/h5-8H,1-4,9-12H2,(H,21,24)(H,22,25). The number of alkyl halides is 3. The van der Waals surface area contributed by atoms with Crippen LogP contribution in [0, 0.1) is 0 Å². The Kier molecular flexibility index (Phi) is 7.26. The Bertz CT molecular complexity index is 598. The lowest BCUT2D eigenvalue weighted by molar-refractivity contribution is -0.174. The van der Waals surface area contributed by atoms with Crippen LogP contribution in [0.1, 0.15) is 25.7 Å². The fourth-order valence-electron chi connectivity index (χ4n) is 2.57. The van der Waals surface area contributed by atoms with Crippen molar-refractivity contribution in [2.75, 3.05) is 36.9 Å². The number of anilines is 2. The second-order valence-corrected chi connectivity index (χ2v) is 6.06. The number of nitrogens with one attached hydrogen (secondary N) is 2. The van der Waals surface area contributed by atoms with Crippen molar-refractivity contribution >= 4 is 23.3 Å². The molecule has 0 saturated carbocycles. The zero-order valence-corrected chi connectivity index (χ0v) is 14.3. The summed E-state index contributed by atoms with van der Waals surface area (Å²) in [4.78, 5) is 25.5. The first-order valence-electron chi connectivity index (χ1n) is 8.44. The van der Waals surface area contributed by atoms with Gasteiger partial charge in [0.1, 0.15) is 13.2 Å². The highest BCUT2D eigenvalue weighted by molar-refractivity contribution is 5.93. The summed E-state index contributed by atoms with van der Waals surface area (Å²) >= 11 is 0. The van der Waals surface area contributed by atoms with E-state index in [1.165, 1.54) is 0 Å². The van der Waals surface area contributed by atoms with E-state index in [4.69, 9.17) is 0 Å². The van der Waals surface area contributed by atoms with Gasteiger partial charge in [0.2, 0.25) is 5.91 Å². The maximum Gasteiger partial charge on any atom is 0.411 e. The first kappa shape index (κ1) is 20.0. The Labute approximate surface area is 149 Å². The minimum atomic E-state index is -4.46. The number of hydrogen-bond donors (Lipinski definition) is 2. The number of benzene rings is 1. The molecule has 0 bridgehead atoms. The van der Waals surface area contributed by atoms with Gasteiger partial charge in [-0.3, -0.25) is 4.79 Å². The number of carbonyl (C=O) groups excluding carboxylic acids is 2. The Morgan fingerprint density at radius 2 is 1.50 bits per heavy atom. The van der Waals surface area contributed by atoms with Crippen molar-refractivity contribution in [1.82, 2.24) is 4.90 Å². The molecule has 9 heteroatoms. The van der Waals surface area contributed by atoms with Crippen molar-refractivity contribution in [2.45, 2.75) is 31.9 Å². The Morgan fingerprint density at radius 1 is 0.962 bits per heavy atom. The van der Waals surface area contributed by atoms with Crippen LogP contribution in [0.15, 0.2) is 24.3 Å². The first-order valence-corrected chi connectivity index (χ1v) is 8.44. The zero-order valence-electron chi connectivity index (χ0n) is 14.3. The molecule has 0 spiro atoms. The van der Waals surface area contributed by atoms with Crippen molar-refractivity contribution in [1.29, 1.82) is 0 Å². The molecule has 0 unspecified atom stereocenters. The molecule has 1 heterocycles. The molecular weight excluding hydrogens is 351 g/mol. The van der Waals surface area contributed by atoms with E-state index in [2.05, 4.69) is 15.4 Å². The van der Waals surface area contributed by atoms with Crippen LogP contribution in [0.3, 0.4) is 0 Å². The Hall–Kier alpha value is -2.29. The molecule has 1 aromatic rings. The van der Waals surface area contributed by atoms with Gasteiger partial charge in [0.05, 0.1) is 0 Å². The smallest absolute Gasteiger partial charge is 0.362 e. The number of ether oxygens (including phenoxy) is 1. The van der Waals surface area contributed by atoms with Crippen LogP contribution in [0.25, 0.3) is 0 Å². The van der Waals surface area contributed by atoms with Crippen LogP contribution in [0.4, 0.5) is 29.3 Å². The molecule has 0 aromatic heterocycles.